The van der Waals surface area contributed by atoms with Gasteiger partial charge >= 0.3 is 0 Å². The van der Waals surface area contributed by atoms with E-state index in [0.29, 0.717) is 22.2 Å². The molecule has 3 aromatic rings. The van der Waals surface area contributed by atoms with E-state index in [4.69, 9.17) is 0 Å². The Bertz CT molecular complexity index is 889. The summed E-state index contributed by atoms with van der Waals surface area (Å²) in [5, 5.41) is 13.7. The van der Waals surface area contributed by atoms with Crippen molar-refractivity contribution in [1.29, 1.82) is 5.26 Å². The summed E-state index contributed by atoms with van der Waals surface area (Å²) < 4.78 is 0. The van der Waals surface area contributed by atoms with Crippen LogP contribution < -0.4 is 5.32 Å². The van der Waals surface area contributed by atoms with Crippen LogP contribution in [0.5, 0.6) is 0 Å². The zero-order valence-corrected chi connectivity index (χ0v) is 14.9. The van der Waals surface area contributed by atoms with Crippen molar-refractivity contribution in [2.24, 2.45) is 0 Å². The van der Waals surface area contributed by atoms with Crippen LogP contribution in [0, 0.1) is 11.3 Å². The van der Waals surface area contributed by atoms with Crippen molar-refractivity contribution in [3.8, 4) is 17.3 Å². The van der Waals surface area contributed by atoms with E-state index in [1.54, 1.807) is 0 Å². The summed E-state index contributed by atoms with van der Waals surface area (Å²) in [5.74, 6) is 0.567. The van der Waals surface area contributed by atoms with Crippen molar-refractivity contribution in [3.05, 3.63) is 71.8 Å². The van der Waals surface area contributed by atoms with E-state index < -0.39 is 0 Å². The smallest absolute Gasteiger partial charge is 0.189 e. The molecule has 0 bridgehead atoms. The van der Waals surface area contributed by atoms with Crippen LogP contribution in [0.25, 0.3) is 11.3 Å². The molecule has 124 valence electrons. The fourth-order valence-electron chi connectivity index (χ4n) is 2.58. The number of nitrogens with one attached hydrogen (secondary N) is 1. The molecule has 2 aromatic carbocycles. The molecule has 1 aromatic heterocycles. The fourth-order valence-corrected chi connectivity index (χ4v) is 2.94. The Morgan fingerprint density at radius 1 is 1.00 bits per heavy atom. The quantitative estimate of drug-likeness (QED) is 0.525. The largest absolute Gasteiger partial charge is 0.362 e. The van der Waals surface area contributed by atoms with Crippen molar-refractivity contribution in [2.45, 2.75) is 18.1 Å². The monoisotopic (exact) mass is 346 g/mol. The molecule has 0 radical (unpaired) electrons. The molecule has 1 heterocycles. The van der Waals surface area contributed by atoms with E-state index >= 15 is 0 Å². The van der Waals surface area contributed by atoms with E-state index in [0.717, 1.165) is 11.1 Å². The fraction of sp³-hybridized carbons (Fsp3) is 0.150. The molecule has 0 fully saturated rings. The number of nitriles is 1. The first-order valence-corrected chi connectivity index (χ1v) is 9.18. The molecule has 0 saturated heterocycles. The third-order valence-corrected chi connectivity index (χ3v) is 4.43. The van der Waals surface area contributed by atoms with Crippen molar-refractivity contribution < 1.29 is 0 Å². The number of anilines is 1. The Labute approximate surface area is 152 Å². The van der Waals surface area contributed by atoms with Gasteiger partial charge in [-0.25, -0.2) is 9.97 Å². The maximum atomic E-state index is 9.73. The van der Waals surface area contributed by atoms with Crippen molar-refractivity contribution in [3.63, 3.8) is 0 Å². The molecule has 0 aliphatic heterocycles. The lowest BCUT2D eigenvalue weighted by molar-refractivity contribution is 0.854. The molecule has 4 nitrogen and oxygen atoms in total. The van der Waals surface area contributed by atoms with Crippen LogP contribution in [0.1, 0.15) is 24.1 Å². The summed E-state index contributed by atoms with van der Waals surface area (Å²) in [7, 11) is 0. The molecule has 0 saturated carbocycles. The Kier molecular flexibility index (Phi) is 5.32. The molecule has 1 atom stereocenters. The minimum Gasteiger partial charge on any atom is -0.362 e. The van der Waals surface area contributed by atoms with Gasteiger partial charge in [0.05, 0.1) is 5.69 Å². The van der Waals surface area contributed by atoms with Gasteiger partial charge in [-0.3, -0.25) is 0 Å². The molecule has 0 aliphatic carbocycles. The average molecular weight is 346 g/mol. The molecule has 0 unspecified atom stereocenters. The van der Waals surface area contributed by atoms with Crippen molar-refractivity contribution >= 4 is 17.6 Å². The second-order valence-corrected chi connectivity index (χ2v) is 6.31. The van der Waals surface area contributed by atoms with Crippen LogP contribution in [0.2, 0.25) is 0 Å². The minimum atomic E-state index is 0.0292. The van der Waals surface area contributed by atoms with Crippen LogP contribution in [-0.4, -0.2) is 16.2 Å². The zero-order valence-electron chi connectivity index (χ0n) is 14.1. The van der Waals surface area contributed by atoms with Crippen LogP contribution >= 0.6 is 11.8 Å². The third kappa shape index (κ3) is 3.81. The SMILES string of the molecule is CSc1nc(N[C@@H](C)c2ccccc2)c(C#N)c(-c2ccccc2)n1. The normalized spacial score (nSPS) is 11.6. The van der Waals surface area contributed by atoms with Gasteiger partial charge in [-0.05, 0) is 18.7 Å². The molecule has 1 N–H and O–H groups in total. The Balaban J connectivity index is 2.05. The zero-order chi connectivity index (χ0) is 17.6. The molecule has 0 aliphatic rings. The highest BCUT2D eigenvalue weighted by atomic mass is 32.2. The summed E-state index contributed by atoms with van der Waals surface area (Å²) in [6.07, 6.45) is 1.93. The van der Waals surface area contributed by atoms with Gasteiger partial charge in [0, 0.05) is 11.6 Å². The lowest BCUT2D eigenvalue weighted by Crippen LogP contribution is -2.11. The van der Waals surface area contributed by atoms with E-state index in [2.05, 4.69) is 40.4 Å². The van der Waals surface area contributed by atoms with E-state index in [1.165, 1.54) is 11.8 Å². The molecule has 0 amide bonds. The standard InChI is InChI=1S/C20H18N4S/c1-14(15-9-5-3-6-10-15)22-19-17(13-21)18(23-20(24-19)25-2)16-11-7-4-8-12-16/h3-12,14H,1-2H3,(H,22,23,24)/t14-/m0/s1. The summed E-state index contributed by atoms with van der Waals surface area (Å²) in [6.45, 7) is 2.06. The van der Waals surface area contributed by atoms with Gasteiger partial charge in [0.15, 0.2) is 5.16 Å². The highest BCUT2D eigenvalue weighted by Gasteiger charge is 2.17. The molecular weight excluding hydrogens is 328 g/mol. The lowest BCUT2D eigenvalue weighted by Gasteiger charge is -2.17. The van der Waals surface area contributed by atoms with Crippen molar-refractivity contribution in [2.75, 3.05) is 11.6 Å². The number of benzene rings is 2. The topological polar surface area (TPSA) is 61.6 Å². The van der Waals surface area contributed by atoms with Gasteiger partial charge < -0.3 is 5.32 Å². The number of hydrogen-bond donors (Lipinski definition) is 1. The van der Waals surface area contributed by atoms with Gasteiger partial charge in [-0.2, -0.15) is 5.26 Å². The second-order valence-electron chi connectivity index (χ2n) is 5.54. The average Bonchev–Trinajstić information content (AvgIpc) is 2.68. The van der Waals surface area contributed by atoms with Crippen LogP contribution in [0.15, 0.2) is 65.8 Å². The Morgan fingerprint density at radius 3 is 2.24 bits per heavy atom. The Morgan fingerprint density at radius 2 is 1.64 bits per heavy atom. The predicted octanol–water partition coefficient (Wildman–Crippen LogP) is 4.91. The highest BCUT2D eigenvalue weighted by Crippen LogP contribution is 2.30. The molecule has 5 heteroatoms. The minimum absolute atomic E-state index is 0.0292. The summed E-state index contributed by atoms with van der Waals surface area (Å²) in [5.41, 5.74) is 3.17. The van der Waals surface area contributed by atoms with Gasteiger partial charge in [0.25, 0.3) is 0 Å². The summed E-state index contributed by atoms with van der Waals surface area (Å²) >= 11 is 1.46. The maximum absolute atomic E-state index is 9.73. The number of hydrogen-bond acceptors (Lipinski definition) is 5. The van der Waals surface area contributed by atoms with Crippen LogP contribution in [-0.2, 0) is 0 Å². The van der Waals surface area contributed by atoms with Crippen LogP contribution in [0.3, 0.4) is 0 Å². The van der Waals surface area contributed by atoms with Crippen molar-refractivity contribution in [1.82, 2.24) is 9.97 Å². The maximum Gasteiger partial charge on any atom is 0.189 e. The molecule has 3 rings (SSSR count). The highest BCUT2D eigenvalue weighted by molar-refractivity contribution is 7.98. The summed E-state index contributed by atoms with van der Waals surface area (Å²) in [4.78, 5) is 9.09. The number of aromatic nitrogens is 2. The second kappa shape index (κ2) is 7.82. The predicted molar refractivity (Wildman–Crippen MR) is 102 cm³/mol. The number of nitrogens with zero attached hydrogens (tertiary/aromatic N) is 3. The first-order chi connectivity index (χ1) is 12.2. The van der Waals surface area contributed by atoms with Gasteiger partial charge in [-0.1, -0.05) is 72.4 Å². The van der Waals surface area contributed by atoms with E-state index in [-0.39, 0.29) is 6.04 Å². The van der Waals surface area contributed by atoms with Crippen LogP contribution in [0.4, 0.5) is 5.82 Å². The third-order valence-electron chi connectivity index (χ3n) is 3.88. The number of rotatable bonds is 5. The van der Waals surface area contributed by atoms with Gasteiger partial charge in [0.2, 0.25) is 0 Å². The molecule has 25 heavy (non-hydrogen) atoms. The first-order valence-electron chi connectivity index (χ1n) is 7.96. The summed E-state index contributed by atoms with van der Waals surface area (Å²) in [6, 6.07) is 22.1. The molecule has 0 spiro atoms. The van der Waals surface area contributed by atoms with E-state index in [1.807, 2.05) is 54.8 Å². The van der Waals surface area contributed by atoms with Gasteiger partial charge in [-0.15, -0.1) is 0 Å². The first kappa shape index (κ1) is 17.0. The van der Waals surface area contributed by atoms with Gasteiger partial charge in [0.1, 0.15) is 17.5 Å². The van der Waals surface area contributed by atoms with E-state index in [9.17, 15) is 5.26 Å². The Hall–Kier alpha value is -2.84. The lowest BCUT2D eigenvalue weighted by atomic mass is 10.1. The molecular formula is C20H18N4S. The number of thioether (sulfide) groups is 1.